The molecule has 1 saturated carbocycles. The Kier molecular flexibility index (Phi) is 10.3. The molecule has 4 nitrogen and oxygen atoms in total. The summed E-state index contributed by atoms with van der Waals surface area (Å²) in [4.78, 5) is 5.05. The van der Waals surface area contributed by atoms with Crippen molar-refractivity contribution in [2.24, 2.45) is 22.6 Å². The first-order valence-corrected chi connectivity index (χ1v) is 11.6. The second-order valence-electron chi connectivity index (χ2n) is 8.73. The molecule has 1 aromatic rings. The average Bonchev–Trinajstić information content (AvgIpc) is 2.72. The van der Waals surface area contributed by atoms with E-state index in [1.165, 1.54) is 68.3 Å². The maximum Gasteiger partial charge on any atom is 0.136 e. The number of anilines is 1. The molecule has 0 amide bonds. The third-order valence-corrected chi connectivity index (χ3v) is 5.56. The number of para-hydroxylation sites is 1. The molecule has 2 aliphatic rings. The zero-order valence-electron chi connectivity index (χ0n) is 19.0. The van der Waals surface area contributed by atoms with Crippen LogP contribution in [-0.4, -0.2) is 18.5 Å². The summed E-state index contributed by atoms with van der Waals surface area (Å²) in [6.45, 7) is 9.56. The van der Waals surface area contributed by atoms with Gasteiger partial charge in [-0.2, -0.15) is 0 Å². The van der Waals surface area contributed by atoms with Crippen LogP contribution in [0.25, 0.3) is 0 Å². The highest BCUT2D eigenvalue weighted by Crippen LogP contribution is 2.32. The first-order valence-electron chi connectivity index (χ1n) is 11.6. The highest BCUT2D eigenvalue weighted by atomic mass is 15.2. The fraction of sp³-hybridized carbons (Fsp3) is 0.640. The maximum atomic E-state index is 5.21. The molecule has 29 heavy (non-hydrogen) atoms. The fourth-order valence-electron chi connectivity index (χ4n) is 4.11. The van der Waals surface area contributed by atoms with Gasteiger partial charge in [0.05, 0.1) is 0 Å². The van der Waals surface area contributed by atoms with Crippen molar-refractivity contribution in [3.05, 3.63) is 41.6 Å². The summed E-state index contributed by atoms with van der Waals surface area (Å²) in [6.07, 6.45) is 12.9. The largest absolute Gasteiger partial charge is 0.363 e. The van der Waals surface area contributed by atoms with E-state index in [9.17, 15) is 0 Å². The van der Waals surface area contributed by atoms with Gasteiger partial charge in [-0.25, -0.2) is 4.99 Å². The molecule has 162 valence electrons. The SMILES string of the molecule is C/C(=C\C(C)C)NC1=NC(C2CCCCC2)Nc2ccccc21.CCCCCN. The number of nitrogens with zero attached hydrogens (tertiary/aromatic N) is 1. The third-order valence-electron chi connectivity index (χ3n) is 5.56. The molecular formula is C25H42N4. The Bertz CT molecular complexity index is 653. The minimum absolute atomic E-state index is 0.208. The van der Waals surface area contributed by atoms with Crippen LogP contribution in [0.1, 0.15) is 84.6 Å². The minimum Gasteiger partial charge on any atom is -0.363 e. The Hall–Kier alpha value is -1.81. The van der Waals surface area contributed by atoms with Gasteiger partial charge < -0.3 is 16.4 Å². The van der Waals surface area contributed by atoms with E-state index >= 15 is 0 Å². The van der Waals surface area contributed by atoms with Crippen molar-refractivity contribution >= 4 is 11.5 Å². The molecular weight excluding hydrogens is 356 g/mol. The predicted octanol–water partition coefficient (Wildman–Crippen LogP) is 6.05. The lowest BCUT2D eigenvalue weighted by Crippen LogP contribution is -2.37. The predicted molar refractivity (Wildman–Crippen MR) is 127 cm³/mol. The first-order chi connectivity index (χ1) is 14.0. The molecule has 1 fully saturated rings. The number of hydrogen-bond donors (Lipinski definition) is 3. The number of nitrogens with two attached hydrogens (primary N) is 1. The van der Waals surface area contributed by atoms with Gasteiger partial charge in [0.25, 0.3) is 0 Å². The van der Waals surface area contributed by atoms with Crippen LogP contribution in [0.2, 0.25) is 0 Å². The van der Waals surface area contributed by atoms with Crippen LogP contribution in [-0.2, 0) is 0 Å². The molecule has 0 spiro atoms. The molecule has 1 aromatic carbocycles. The number of unbranched alkanes of at least 4 members (excludes halogenated alkanes) is 2. The average molecular weight is 399 g/mol. The second-order valence-corrected chi connectivity index (χ2v) is 8.73. The van der Waals surface area contributed by atoms with E-state index in [2.05, 4.69) is 68.7 Å². The quantitative estimate of drug-likeness (QED) is 0.511. The smallest absolute Gasteiger partial charge is 0.136 e. The van der Waals surface area contributed by atoms with Gasteiger partial charge in [0.2, 0.25) is 0 Å². The molecule has 0 saturated heterocycles. The van der Waals surface area contributed by atoms with Gasteiger partial charge in [0, 0.05) is 16.9 Å². The van der Waals surface area contributed by atoms with Crippen molar-refractivity contribution < 1.29 is 0 Å². The topological polar surface area (TPSA) is 62.4 Å². The van der Waals surface area contributed by atoms with Crippen molar-refractivity contribution in [1.29, 1.82) is 0 Å². The van der Waals surface area contributed by atoms with Gasteiger partial charge in [-0.15, -0.1) is 0 Å². The number of aliphatic imine (C=N–C) groups is 1. The van der Waals surface area contributed by atoms with Crippen LogP contribution in [0.3, 0.4) is 0 Å². The van der Waals surface area contributed by atoms with Crippen molar-refractivity contribution in [3.63, 3.8) is 0 Å². The van der Waals surface area contributed by atoms with Crippen LogP contribution < -0.4 is 16.4 Å². The molecule has 1 atom stereocenters. The van der Waals surface area contributed by atoms with Gasteiger partial charge in [0.1, 0.15) is 12.0 Å². The molecule has 1 heterocycles. The molecule has 4 heteroatoms. The van der Waals surface area contributed by atoms with Crippen LogP contribution in [0.4, 0.5) is 5.69 Å². The van der Waals surface area contributed by atoms with E-state index in [-0.39, 0.29) is 6.17 Å². The zero-order chi connectivity index (χ0) is 21.1. The number of rotatable bonds is 6. The van der Waals surface area contributed by atoms with Crippen molar-refractivity contribution in [2.75, 3.05) is 11.9 Å². The first kappa shape index (κ1) is 23.5. The normalized spacial score (nSPS) is 19.6. The summed E-state index contributed by atoms with van der Waals surface area (Å²) in [5, 5.41) is 7.21. The Labute approximate surface area is 178 Å². The highest BCUT2D eigenvalue weighted by molar-refractivity contribution is 6.05. The van der Waals surface area contributed by atoms with E-state index < -0.39 is 0 Å². The summed E-state index contributed by atoms with van der Waals surface area (Å²) in [5.41, 5.74) is 8.78. The third kappa shape index (κ3) is 7.85. The molecule has 4 N–H and O–H groups in total. The van der Waals surface area contributed by atoms with E-state index in [0.29, 0.717) is 11.8 Å². The molecule has 0 bridgehead atoms. The van der Waals surface area contributed by atoms with Crippen molar-refractivity contribution in [3.8, 4) is 0 Å². The van der Waals surface area contributed by atoms with Gasteiger partial charge >= 0.3 is 0 Å². The van der Waals surface area contributed by atoms with Gasteiger partial charge in [0.15, 0.2) is 0 Å². The van der Waals surface area contributed by atoms with E-state index in [0.717, 1.165) is 12.4 Å². The molecule has 1 unspecified atom stereocenters. The number of benzene rings is 1. The lowest BCUT2D eigenvalue weighted by Gasteiger charge is -2.33. The lowest BCUT2D eigenvalue weighted by atomic mass is 9.86. The number of amidine groups is 1. The molecule has 3 rings (SSSR count). The number of nitrogens with one attached hydrogen (secondary N) is 2. The van der Waals surface area contributed by atoms with Crippen LogP contribution in [0.15, 0.2) is 41.0 Å². The van der Waals surface area contributed by atoms with Crippen LogP contribution in [0.5, 0.6) is 0 Å². The molecule has 0 aromatic heterocycles. The maximum absolute atomic E-state index is 5.21. The minimum atomic E-state index is 0.208. The lowest BCUT2D eigenvalue weighted by molar-refractivity contribution is 0.321. The summed E-state index contributed by atoms with van der Waals surface area (Å²) in [7, 11) is 0. The summed E-state index contributed by atoms with van der Waals surface area (Å²) < 4.78 is 0. The molecule has 1 aliphatic carbocycles. The van der Waals surface area contributed by atoms with Crippen molar-refractivity contribution in [1.82, 2.24) is 5.32 Å². The molecule has 1 aliphatic heterocycles. The second kappa shape index (κ2) is 12.7. The van der Waals surface area contributed by atoms with Gasteiger partial charge in [-0.3, -0.25) is 0 Å². The van der Waals surface area contributed by atoms with Gasteiger partial charge in [-0.05, 0) is 56.7 Å². The highest BCUT2D eigenvalue weighted by Gasteiger charge is 2.28. The van der Waals surface area contributed by atoms with E-state index in [4.69, 9.17) is 10.7 Å². The van der Waals surface area contributed by atoms with Crippen LogP contribution >= 0.6 is 0 Å². The Morgan fingerprint density at radius 2 is 1.93 bits per heavy atom. The Morgan fingerprint density at radius 1 is 1.21 bits per heavy atom. The van der Waals surface area contributed by atoms with Gasteiger partial charge in [-0.1, -0.05) is 71.1 Å². The van der Waals surface area contributed by atoms with E-state index in [1.54, 1.807) is 0 Å². The number of hydrogen-bond acceptors (Lipinski definition) is 4. The summed E-state index contributed by atoms with van der Waals surface area (Å²) in [5.74, 6) is 2.21. The summed E-state index contributed by atoms with van der Waals surface area (Å²) in [6, 6.07) is 8.50. The van der Waals surface area contributed by atoms with Crippen molar-refractivity contribution in [2.45, 2.75) is 85.2 Å². The zero-order valence-corrected chi connectivity index (χ0v) is 19.0. The molecule has 0 radical (unpaired) electrons. The summed E-state index contributed by atoms with van der Waals surface area (Å²) >= 11 is 0. The Morgan fingerprint density at radius 3 is 2.55 bits per heavy atom. The monoisotopic (exact) mass is 398 g/mol. The fourth-order valence-corrected chi connectivity index (χ4v) is 4.11. The number of allylic oxidation sites excluding steroid dienone is 2. The van der Waals surface area contributed by atoms with E-state index in [1.807, 2.05) is 0 Å². The number of fused-ring (bicyclic) bond motifs is 1. The Balaban J connectivity index is 0.000000438. The van der Waals surface area contributed by atoms with Crippen LogP contribution in [0, 0.1) is 11.8 Å². The standard InChI is InChI=1S/C20H29N3.C5H13N/c1-14(2)13-15(3)21-20-17-11-7-8-12-18(17)22-19(23-20)16-9-5-4-6-10-16;1-2-3-4-5-6/h7-8,11-14,16,19,22H,4-6,9-10H2,1-3H3,(H,21,23);2-6H2,1H3/b15-13+;.